The van der Waals surface area contributed by atoms with Crippen LogP contribution in [0.4, 0.5) is 0 Å². The normalized spacial score (nSPS) is 14.4. The lowest BCUT2D eigenvalue weighted by Crippen LogP contribution is -2.30. The van der Waals surface area contributed by atoms with Gasteiger partial charge in [-0.15, -0.1) is 0 Å². The van der Waals surface area contributed by atoms with Crippen LogP contribution in [0.25, 0.3) is 21.0 Å². The summed E-state index contributed by atoms with van der Waals surface area (Å²) >= 11 is 3.82. The van der Waals surface area contributed by atoms with Gasteiger partial charge >= 0.3 is 0 Å². The van der Waals surface area contributed by atoms with E-state index < -0.39 is 0 Å². The van der Waals surface area contributed by atoms with E-state index in [1.165, 1.54) is 37.9 Å². The summed E-state index contributed by atoms with van der Waals surface area (Å²) in [6.07, 6.45) is 6.07. The first-order valence-corrected chi connectivity index (χ1v) is 24.3. The average molecular weight is 931 g/mol. The molecular weight excluding hydrogens is 867 g/mol. The molecule has 0 spiro atoms. The minimum absolute atomic E-state index is 0.0896. The van der Waals surface area contributed by atoms with E-state index in [0.717, 1.165) is 111 Å². The van der Waals surface area contributed by atoms with E-state index in [9.17, 15) is 9.59 Å². The van der Waals surface area contributed by atoms with Gasteiger partial charge in [-0.2, -0.15) is 0 Å². The highest BCUT2D eigenvalue weighted by Crippen LogP contribution is 2.36. The molecular formula is C57H64BrN5O2. The molecule has 0 saturated carbocycles. The molecule has 2 aliphatic heterocycles. The Balaban J connectivity index is 0.000000202. The largest absolute Gasteiger partial charge is 0.339 e. The lowest BCUT2D eigenvalue weighted by molar-refractivity contribution is 0.0765. The number of nitrogens with zero attached hydrogens (tertiary/aromatic N) is 5. The SMILES string of the molecule is CCN(CC)C(=O)c1ccc(C(=C2CCN(Cc3ccccc3)CC2)c2cccc3cccnc23)cc1.CCN(CC)C(=O)c1ccc(C(Br)=C2CCN(Cc3ccccc3)CC2)cc1. The van der Waals surface area contributed by atoms with Crippen LogP contribution >= 0.6 is 15.9 Å². The summed E-state index contributed by atoms with van der Waals surface area (Å²) in [7, 11) is 0. The third-order valence-electron chi connectivity index (χ3n) is 12.9. The maximum absolute atomic E-state index is 12.9. The maximum Gasteiger partial charge on any atom is 0.253 e. The van der Waals surface area contributed by atoms with E-state index in [1.807, 2.05) is 74.0 Å². The number of likely N-dealkylation sites (tertiary alicyclic amines) is 2. The van der Waals surface area contributed by atoms with E-state index in [-0.39, 0.29) is 11.8 Å². The number of fused-ring (bicyclic) bond motifs is 1. The molecule has 336 valence electrons. The lowest BCUT2D eigenvalue weighted by Gasteiger charge is -2.30. The summed E-state index contributed by atoms with van der Waals surface area (Å²) in [6.45, 7) is 17.2. The van der Waals surface area contributed by atoms with Gasteiger partial charge in [0.05, 0.1) is 5.52 Å². The molecule has 0 radical (unpaired) electrons. The number of halogens is 1. The summed E-state index contributed by atoms with van der Waals surface area (Å²) in [4.78, 5) is 39.0. The average Bonchev–Trinajstić information content (AvgIpc) is 3.36. The van der Waals surface area contributed by atoms with Crippen molar-refractivity contribution in [3.63, 3.8) is 0 Å². The van der Waals surface area contributed by atoms with Gasteiger partial charge in [0.25, 0.3) is 11.8 Å². The number of carbonyl (C=O) groups excluding carboxylic acids is 2. The number of carbonyl (C=O) groups is 2. The standard InChI is InChI=1S/C33H35N3O.C24H29BrN2O/c1-3-36(4-2)33(37)29-17-15-26(16-18-29)31(30-14-8-12-28-13-9-21-34-32(28)30)27-19-22-35(23-20-27)24-25-10-6-5-7-11-25;1-3-27(4-2)24(28)22-12-10-20(11-13-22)23(25)21-14-16-26(17-15-21)18-19-8-6-5-7-9-19/h5-18,21H,3-4,19-20,22-24H2,1-2H3;5-13H,3-4,14-18H2,1-2H3. The number of amides is 2. The highest BCUT2D eigenvalue weighted by Gasteiger charge is 2.22. The highest BCUT2D eigenvalue weighted by atomic mass is 79.9. The Hall–Kier alpha value is -5.67. The number of hydrogen-bond acceptors (Lipinski definition) is 5. The monoisotopic (exact) mass is 929 g/mol. The number of aromatic nitrogens is 1. The molecule has 0 unspecified atom stereocenters. The minimum atomic E-state index is 0.0896. The summed E-state index contributed by atoms with van der Waals surface area (Å²) in [5.41, 5.74) is 13.0. The third-order valence-corrected chi connectivity index (χ3v) is 13.9. The van der Waals surface area contributed by atoms with Gasteiger partial charge in [0.2, 0.25) is 0 Å². The van der Waals surface area contributed by atoms with Crippen LogP contribution in [0.2, 0.25) is 0 Å². The van der Waals surface area contributed by atoms with E-state index in [2.05, 4.69) is 135 Å². The zero-order chi connectivity index (χ0) is 45.5. The van der Waals surface area contributed by atoms with Crippen LogP contribution in [-0.2, 0) is 13.1 Å². The molecule has 8 rings (SSSR count). The van der Waals surface area contributed by atoms with Crippen LogP contribution in [0, 0.1) is 0 Å². The molecule has 0 atom stereocenters. The number of benzene rings is 5. The molecule has 8 heteroatoms. The Kier molecular flexibility index (Phi) is 17.1. The summed E-state index contributed by atoms with van der Waals surface area (Å²) < 4.78 is 1.19. The van der Waals surface area contributed by atoms with Gasteiger partial charge in [-0.3, -0.25) is 24.4 Å². The third kappa shape index (κ3) is 12.2. The highest BCUT2D eigenvalue weighted by molar-refractivity contribution is 9.15. The Bertz CT molecular complexity index is 2520. The Labute approximate surface area is 395 Å². The molecule has 65 heavy (non-hydrogen) atoms. The van der Waals surface area contributed by atoms with Crippen LogP contribution in [0.1, 0.15) is 102 Å². The smallest absolute Gasteiger partial charge is 0.253 e. The molecule has 2 fully saturated rings. The Morgan fingerprint density at radius 3 is 1.42 bits per heavy atom. The van der Waals surface area contributed by atoms with Crippen LogP contribution in [-0.4, -0.2) is 88.8 Å². The molecule has 0 bridgehead atoms. The summed E-state index contributed by atoms with van der Waals surface area (Å²) in [6, 6.07) is 48.2. The van der Waals surface area contributed by atoms with Gasteiger partial charge in [0, 0.05) is 98.2 Å². The predicted octanol–water partition coefficient (Wildman–Crippen LogP) is 12.4. The van der Waals surface area contributed by atoms with Crippen molar-refractivity contribution in [1.29, 1.82) is 0 Å². The van der Waals surface area contributed by atoms with E-state index >= 15 is 0 Å². The quantitative estimate of drug-likeness (QED) is 0.115. The predicted molar refractivity (Wildman–Crippen MR) is 273 cm³/mol. The molecule has 2 amide bonds. The first-order valence-electron chi connectivity index (χ1n) is 23.6. The number of piperidine rings is 2. The van der Waals surface area contributed by atoms with Crippen molar-refractivity contribution in [2.45, 2.75) is 66.5 Å². The van der Waals surface area contributed by atoms with Crippen molar-refractivity contribution >= 4 is 48.7 Å². The van der Waals surface area contributed by atoms with Crippen LogP contribution < -0.4 is 0 Å². The fourth-order valence-electron chi connectivity index (χ4n) is 9.10. The van der Waals surface area contributed by atoms with Gasteiger partial charge < -0.3 is 9.80 Å². The zero-order valence-electron chi connectivity index (χ0n) is 38.7. The Morgan fingerprint density at radius 2 is 0.938 bits per heavy atom. The fraction of sp³-hybridized carbons (Fsp3) is 0.316. The number of rotatable bonds is 13. The van der Waals surface area contributed by atoms with Crippen LogP contribution in [0.5, 0.6) is 0 Å². The van der Waals surface area contributed by atoms with Gasteiger partial charge in [0.1, 0.15) is 0 Å². The second-order valence-corrected chi connectivity index (χ2v) is 17.7. The molecule has 6 aromatic rings. The molecule has 0 N–H and O–H groups in total. The molecule has 2 saturated heterocycles. The molecule has 0 aliphatic carbocycles. The van der Waals surface area contributed by atoms with Crippen molar-refractivity contribution in [2.75, 3.05) is 52.4 Å². The summed E-state index contributed by atoms with van der Waals surface area (Å²) in [5.74, 6) is 0.196. The first-order chi connectivity index (χ1) is 31.8. The fourth-order valence-corrected chi connectivity index (χ4v) is 9.76. The molecule has 7 nitrogen and oxygen atoms in total. The second kappa shape index (κ2) is 23.5. The maximum atomic E-state index is 12.9. The minimum Gasteiger partial charge on any atom is -0.339 e. The van der Waals surface area contributed by atoms with Crippen molar-refractivity contribution < 1.29 is 9.59 Å². The van der Waals surface area contributed by atoms with Gasteiger partial charge in [-0.05, 0) is 112 Å². The first kappa shape index (κ1) is 47.3. The second-order valence-electron chi connectivity index (χ2n) is 16.9. The zero-order valence-corrected chi connectivity index (χ0v) is 40.3. The van der Waals surface area contributed by atoms with Crippen molar-refractivity contribution in [2.24, 2.45) is 0 Å². The molecule has 3 heterocycles. The topological polar surface area (TPSA) is 60.0 Å². The van der Waals surface area contributed by atoms with Gasteiger partial charge in [0.15, 0.2) is 0 Å². The number of hydrogen-bond donors (Lipinski definition) is 0. The van der Waals surface area contributed by atoms with Crippen molar-refractivity contribution in [3.05, 3.63) is 196 Å². The van der Waals surface area contributed by atoms with E-state index in [1.54, 1.807) is 0 Å². The molecule has 1 aromatic heterocycles. The summed E-state index contributed by atoms with van der Waals surface area (Å²) in [5, 5.41) is 1.15. The number of para-hydroxylation sites is 1. The molecule has 5 aromatic carbocycles. The van der Waals surface area contributed by atoms with Crippen LogP contribution in [0.15, 0.2) is 157 Å². The molecule has 2 aliphatic rings. The van der Waals surface area contributed by atoms with E-state index in [0.29, 0.717) is 13.1 Å². The van der Waals surface area contributed by atoms with E-state index in [4.69, 9.17) is 4.98 Å². The van der Waals surface area contributed by atoms with Gasteiger partial charge in [-0.1, -0.05) is 136 Å². The lowest BCUT2D eigenvalue weighted by atomic mass is 9.87. The van der Waals surface area contributed by atoms with Crippen molar-refractivity contribution in [3.8, 4) is 0 Å². The Morgan fingerprint density at radius 1 is 0.508 bits per heavy atom. The van der Waals surface area contributed by atoms with Gasteiger partial charge in [-0.25, -0.2) is 0 Å². The van der Waals surface area contributed by atoms with Crippen molar-refractivity contribution in [1.82, 2.24) is 24.6 Å². The number of pyridine rings is 1. The van der Waals surface area contributed by atoms with Crippen LogP contribution in [0.3, 0.4) is 0 Å².